The Bertz CT molecular complexity index is 2140. The van der Waals surface area contributed by atoms with Gasteiger partial charge in [-0.05, 0) is 162 Å². The van der Waals surface area contributed by atoms with Gasteiger partial charge >= 0.3 is 11.9 Å². The van der Waals surface area contributed by atoms with Crippen molar-refractivity contribution < 1.29 is 44.7 Å². The van der Waals surface area contributed by atoms with Gasteiger partial charge in [-0.15, -0.1) is 0 Å². The molecule has 105 heavy (non-hydrogen) atoms. The normalized spacial score (nSPS) is 9.71. The lowest BCUT2D eigenvalue weighted by Gasteiger charge is -2.03. The first-order valence-corrected chi connectivity index (χ1v) is 39.9. The van der Waals surface area contributed by atoms with Gasteiger partial charge in [0.1, 0.15) is 5.75 Å². The Morgan fingerprint density at radius 1 is 0.600 bits per heavy atom. The molecular weight excluding hydrogens is 1350 g/mol. The molecule has 0 fully saturated rings. The molecule has 0 saturated carbocycles. The fourth-order valence-electron chi connectivity index (χ4n) is 4.89. The lowest BCUT2D eigenvalue weighted by atomic mass is 9.99. The van der Waals surface area contributed by atoms with Crippen molar-refractivity contribution in [2.75, 3.05) is 37.5 Å². The minimum Gasteiger partial charge on any atom is -0.508 e. The van der Waals surface area contributed by atoms with Gasteiger partial charge in [0.2, 0.25) is 11.8 Å². The molecule has 14 N–H and O–H groups in total. The maximum absolute atomic E-state index is 9.82. The molecule has 1 aliphatic rings. The Hall–Kier alpha value is -5.73. The Balaban J connectivity index is -0.0000000577. The van der Waals surface area contributed by atoms with Crippen LogP contribution in [0.3, 0.4) is 0 Å². The third-order valence-corrected chi connectivity index (χ3v) is 11.9. The summed E-state index contributed by atoms with van der Waals surface area (Å²) >= 11 is 5.69. The number of fused-ring (bicyclic) bond motifs is 1. The highest BCUT2D eigenvalue weighted by molar-refractivity contribution is 7.98. The first-order chi connectivity index (χ1) is 48.1. The number of H-pyrrole nitrogens is 1. The maximum atomic E-state index is 9.82. The number of carboxylic acids is 2. The van der Waals surface area contributed by atoms with Crippen molar-refractivity contribution in [3.05, 3.63) is 114 Å². The molecule has 0 radical (unpaired) electrons. The van der Waals surface area contributed by atoms with Crippen molar-refractivity contribution in [1.29, 1.82) is 0 Å². The zero-order valence-electron chi connectivity index (χ0n) is 70.8. The quantitative estimate of drug-likeness (QED) is 0.0170. The molecule has 0 saturated heterocycles. The number of aromatic amines is 1. The van der Waals surface area contributed by atoms with Gasteiger partial charge in [-0.3, -0.25) is 29.2 Å². The van der Waals surface area contributed by atoms with Crippen LogP contribution in [0.15, 0.2) is 101 Å². The number of nitrogens with zero attached hydrogens (tertiary/aromatic N) is 3. The summed E-state index contributed by atoms with van der Waals surface area (Å²) in [5.41, 5.74) is 26.3. The lowest BCUT2D eigenvalue weighted by Crippen LogP contribution is -2.08. The van der Waals surface area contributed by atoms with Crippen LogP contribution in [0.25, 0.3) is 0 Å². The predicted octanol–water partition coefficient (Wildman–Crippen LogP) is 23.7. The van der Waals surface area contributed by atoms with E-state index in [4.69, 9.17) is 42.7 Å². The smallest absolute Gasteiger partial charge is 0.303 e. The predicted molar refractivity (Wildman–Crippen MR) is 479 cm³/mol. The van der Waals surface area contributed by atoms with Crippen molar-refractivity contribution in [3.63, 3.8) is 0 Å². The molecule has 628 valence electrons. The number of aliphatic carboxylic acids is 2. The Labute approximate surface area is 661 Å². The Morgan fingerprint density at radius 2 is 0.990 bits per heavy atom. The minimum atomic E-state index is -0.745. The van der Waals surface area contributed by atoms with Gasteiger partial charge in [0.05, 0.1) is 17.9 Å². The molecule has 2 amide bonds. The number of aliphatic imine (C=N–C) groups is 2. The van der Waals surface area contributed by atoms with E-state index >= 15 is 0 Å². The molecule has 1 unspecified atom stereocenters. The number of para-hydroxylation sites is 1. The Morgan fingerprint density at radius 3 is 1.20 bits per heavy atom. The zero-order valence-corrected chi connectivity index (χ0v) is 72.5. The van der Waals surface area contributed by atoms with Crippen molar-refractivity contribution in [3.8, 4) is 5.75 Å². The summed E-state index contributed by atoms with van der Waals surface area (Å²) in [7, 11) is 0. The largest absolute Gasteiger partial charge is 0.508 e. The lowest BCUT2D eigenvalue weighted by molar-refractivity contribution is -0.137. The highest BCUT2D eigenvalue weighted by atomic mass is 32.2. The van der Waals surface area contributed by atoms with Crippen molar-refractivity contribution in [1.82, 2.24) is 9.97 Å². The summed E-state index contributed by atoms with van der Waals surface area (Å²) in [6.07, 6.45) is 25.0. The number of aliphatic hydroxyl groups is 2. The molecule has 2 heterocycles. The van der Waals surface area contributed by atoms with E-state index < -0.39 is 11.9 Å². The van der Waals surface area contributed by atoms with E-state index in [0.717, 1.165) is 87.2 Å². The van der Waals surface area contributed by atoms with Crippen LogP contribution in [0.4, 0.5) is 5.69 Å². The number of hydrogen-bond donors (Lipinski definition) is 11. The summed E-state index contributed by atoms with van der Waals surface area (Å²) in [4.78, 5) is 53.5. The number of aryl methyl sites for hydroxylation is 3. The number of aliphatic hydroxyl groups excluding tert-OH is 2. The third kappa shape index (κ3) is 179. The van der Waals surface area contributed by atoms with Crippen molar-refractivity contribution in [2.45, 2.75) is 337 Å². The van der Waals surface area contributed by atoms with Gasteiger partial charge in [-0.25, -0.2) is 4.98 Å². The second-order valence-electron chi connectivity index (χ2n) is 23.5. The maximum Gasteiger partial charge on any atom is 0.303 e. The molecule has 19 heteroatoms. The van der Waals surface area contributed by atoms with Gasteiger partial charge in [0.25, 0.3) is 0 Å². The van der Waals surface area contributed by atoms with E-state index in [1.807, 2.05) is 90.0 Å². The van der Waals surface area contributed by atoms with Crippen LogP contribution in [0, 0.1) is 17.8 Å². The number of phenolic OH excluding ortho intramolecular Hbond substituents is 1. The first kappa shape index (κ1) is 138. The van der Waals surface area contributed by atoms with Crippen LogP contribution in [0.1, 0.15) is 334 Å². The summed E-state index contributed by atoms with van der Waals surface area (Å²) in [6, 6.07) is 26.1. The fraction of sp³-hybridized carbons (Fsp3) is 0.686. The number of thiol groups is 1. The summed E-state index contributed by atoms with van der Waals surface area (Å²) in [6.45, 7) is 56.8. The molecule has 3 aromatic carbocycles. The monoisotopic (exact) mass is 1530 g/mol. The highest BCUT2D eigenvalue weighted by Gasteiger charge is 2.15. The number of aromatic nitrogens is 2. The number of benzene rings is 3. The first-order valence-electron chi connectivity index (χ1n) is 37.9. The molecule has 1 aromatic heterocycles. The standard InChI is InChI=1S/C10H11N.C8H10O.C8H10.C6H14N2.C5H8N2.C5H13N.2C5H12.C4H9NO.C4H8O2.C4H10S.C4H10.C3H7NO.C3H6O2.C3H8O.C2H6O.C2H6S.C2H6.3CH4/c1-2-8-7-11-10-6-4-3-5-9(8)10;1-2-7-3-5-8(9)6-4-7;1-2-8-6-4-3-5-7-8;1-3-4-5-8-6(2)7;1-2-5-3-6-4-7-5;1-2-3-4-5-6;2*1-4-5(2)3;2*1-2-3-4(5)6;1-3-4-5-2;1-4(2)3;2*1-2-3(4)5;1-3(2)4;2*1-2-3;1-2;;;/h3-8H,2H2,1H3;3-6,9H,2H2,1H3;3-7H,2H2,1H3;3-5H2,1-2H3,(H2,7,8);3-4H,2H2,1H3,(H,6,7);2-6H2,1H3;2*5H,4H2,1-3H3;2-3H2,1H3,(H2,5,6);2-3H2,1H3,(H,5,6);3-4H2,1-2H3;4H,1-3H3;2H2,1H3,(H2,4,5);2H2,1H3,(H,4,5);3-4H,1-2H3;2*3H,2H2,1H3;1-2H3;3*1H4. The second-order valence-corrected chi connectivity index (χ2v) is 25.1. The number of unbranched alkanes of at least 4 members (excludes halogenated alkanes) is 3. The topological polar surface area (TPSA) is 327 Å². The van der Waals surface area contributed by atoms with Gasteiger partial charge in [0.15, 0.2) is 0 Å². The van der Waals surface area contributed by atoms with Gasteiger partial charge in [0, 0.05) is 69.0 Å². The van der Waals surface area contributed by atoms with Crippen LogP contribution in [0.5, 0.6) is 5.75 Å². The zero-order chi connectivity index (χ0) is 82.4. The Kier molecular flexibility index (Phi) is 164. The van der Waals surface area contributed by atoms with Crippen LogP contribution in [-0.2, 0) is 38.4 Å². The van der Waals surface area contributed by atoms with E-state index in [0.29, 0.717) is 36.8 Å². The summed E-state index contributed by atoms with van der Waals surface area (Å²) in [5.74, 6) is 4.53. The van der Waals surface area contributed by atoms with Crippen molar-refractivity contribution in [2.24, 2.45) is 50.7 Å². The van der Waals surface area contributed by atoms with E-state index in [1.54, 1.807) is 53.1 Å². The second kappa shape index (κ2) is 125. The van der Waals surface area contributed by atoms with Crippen LogP contribution in [-0.4, -0.2) is 115 Å². The number of amides is 2. The highest BCUT2D eigenvalue weighted by Crippen LogP contribution is 2.33. The number of aromatic hydroxyl groups is 1. The molecule has 17 nitrogen and oxygen atoms in total. The van der Waals surface area contributed by atoms with E-state index in [-0.39, 0.29) is 53.2 Å². The number of thioether (sulfide) groups is 1. The molecule has 1 atom stereocenters. The molecule has 0 spiro atoms. The summed E-state index contributed by atoms with van der Waals surface area (Å²) < 4.78 is 0. The number of phenols is 1. The third-order valence-electron chi connectivity index (χ3n) is 11.0. The average Bonchev–Trinajstić information content (AvgIpc) is 1.71. The van der Waals surface area contributed by atoms with E-state index in [2.05, 4.69) is 198 Å². The van der Waals surface area contributed by atoms with Crippen LogP contribution in [0.2, 0.25) is 0 Å². The van der Waals surface area contributed by atoms with E-state index in [9.17, 15) is 19.2 Å². The van der Waals surface area contributed by atoms with Crippen molar-refractivity contribution >= 4 is 65.9 Å². The molecule has 0 aliphatic carbocycles. The number of carboxylic acid groups (broad SMARTS) is 2. The number of primary amides is 2. The van der Waals surface area contributed by atoms with Gasteiger partial charge in [-0.2, -0.15) is 24.4 Å². The number of nitrogens with two attached hydrogens (primary N) is 4. The number of nitrogens with one attached hydrogen (secondary N) is 1. The van der Waals surface area contributed by atoms with Crippen LogP contribution >= 0.6 is 24.4 Å². The molecule has 5 rings (SSSR count). The van der Waals surface area contributed by atoms with E-state index in [1.165, 1.54) is 73.1 Å². The molecule has 1 aliphatic heterocycles. The number of imidazole rings is 1. The average molecular weight is 1530 g/mol. The molecular formula is C86H178N8O9S2. The van der Waals surface area contributed by atoms with Gasteiger partial charge in [-0.1, -0.05) is 274 Å². The number of carbonyl (C=O) groups excluding carboxylic acids is 2. The molecule has 0 bridgehead atoms. The summed E-state index contributed by atoms with van der Waals surface area (Å²) in [5, 5.41) is 40.1. The fourth-order valence-corrected chi connectivity index (χ4v) is 5.30. The van der Waals surface area contributed by atoms with Crippen LogP contribution < -0.4 is 22.9 Å². The van der Waals surface area contributed by atoms with Gasteiger partial charge < -0.3 is 53.5 Å². The number of rotatable bonds is 20. The number of carbonyl (C=O) groups is 4. The number of amidine groups is 1. The SMILES string of the molecule is C.C.C.CC.CC(C)C.CC(C)O.CCC(=O)O.CCC(C)C.CCC(C)C.CCC(N)=O.CCC1C=Nc2ccccc21.CCCC(=O)O.CCCC(N)=O.CCCCCN.CCCCN=C(C)N.CCCSC.CCO.CCS.CCc1ccc(O)cc1.CCc1ccccc1.CCc1cnc[nH]1. The minimum absolute atomic E-state index is 0. The number of hydrogen-bond acceptors (Lipinski definition) is 13. The molecule has 4 aromatic rings.